The molecule has 1 amide bonds. The van der Waals surface area contributed by atoms with Crippen molar-refractivity contribution in [2.24, 2.45) is 0 Å². The van der Waals surface area contributed by atoms with Gasteiger partial charge in [-0.25, -0.2) is 0 Å². The molecule has 0 spiro atoms. The van der Waals surface area contributed by atoms with Crippen LogP contribution in [0.15, 0.2) is 60.7 Å². The highest BCUT2D eigenvalue weighted by Gasteiger charge is 2.27. The second-order valence-corrected chi connectivity index (χ2v) is 7.07. The summed E-state index contributed by atoms with van der Waals surface area (Å²) in [6.07, 6.45) is 2.08. The molecule has 0 saturated carbocycles. The number of piperidine rings is 1. The van der Waals surface area contributed by atoms with E-state index in [-0.39, 0.29) is 18.3 Å². The van der Waals surface area contributed by atoms with Crippen molar-refractivity contribution in [2.45, 2.75) is 38.6 Å². The summed E-state index contributed by atoms with van der Waals surface area (Å²) in [5.41, 5.74) is 2.42. The van der Waals surface area contributed by atoms with Crippen LogP contribution in [-0.2, 0) is 4.79 Å². The lowest BCUT2D eigenvalue weighted by Crippen LogP contribution is -2.47. The molecule has 0 aromatic heterocycles. The predicted molar refractivity (Wildman–Crippen MR) is 111 cm³/mol. The molecule has 2 aromatic rings. The van der Waals surface area contributed by atoms with Gasteiger partial charge in [0.05, 0.1) is 0 Å². The molecule has 2 aromatic carbocycles. The van der Waals surface area contributed by atoms with Crippen LogP contribution in [-0.4, -0.2) is 36.5 Å². The summed E-state index contributed by atoms with van der Waals surface area (Å²) in [6, 6.07) is 21.1. The molecular formula is C22H29ClN2O. The van der Waals surface area contributed by atoms with Gasteiger partial charge in [-0.3, -0.25) is 4.79 Å². The highest BCUT2D eigenvalue weighted by Crippen LogP contribution is 2.25. The SMILES string of the molecule is CC(=O)N(c1ccccc1)C1CCN(CC(C)c2ccccc2)CC1.Cl. The Bertz CT molecular complexity index is 669. The fraction of sp³-hybridized carbons (Fsp3) is 0.409. The number of carbonyl (C=O) groups is 1. The van der Waals surface area contributed by atoms with Crippen LogP contribution in [0.25, 0.3) is 0 Å². The Balaban J connectivity index is 0.00000243. The van der Waals surface area contributed by atoms with E-state index in [1.807, 2.05) is 35.2 Å². The number of nitrogens with zero attached hydrogens (tertiary/aromatic N) is 2. The number of para-hydroxylation sites is 1. The number of anilines is 1. The number of amides is 1. The van der Waals surface area contributed by atoms with Crippen molar-refractivity contribution < 1.29 is 4.79 Å². The zero-order valence-electron chi connectivity index (χ0n) is 15.7. The fourth-order valence-corrected chi connectivity index (χ4v) is 3.87. The molecule has 1 saturated heterocycles. The van der Waals surface area contributed by atoms with Gasteiger partial charge in [-0.1, -0.05) is 55.5 Å². The molecule has 0 bridgehead atoms. The van der Waals surface area contributed by atoms with Gasteiger partial charge in [0.2, 0.25) is 5.91 Å². The lowest BCUT2D eigenvalue weighted by atomic mass is 9.97. The maximum Gasteiger partial charge on any atom is 0.224 e. The van der Waals surface area contributed by atoms with E-state index < -0.39 is 0 Å². The molecule has 4 heteroatoms. The van der Waals surface area contributed by atoms with Crippen molar-refractivity contribution >= 4 is 24.0 Å². The van der Waals surface area contributed by atoms with Crippen LogP contribution in [0.4, 0.5) is 5.69 Å². The summed E-state index contributed by atoms with van der Waals surface area (Å²) in [5.74, 6) is 0.679. The molecule has 3 rings (SSSR count). The number of likely N-dealkylation sites (tertiary alicyclic amines) is 1. The van der Waals surface area contributed by atoms with Crippen molar-refractivity contribution in [3.05, 3.63) is 66.2 Å². The number of hydrogen-bond acceptors (Lipinski definition) is 2. The molecule has 140 valence electrons. The van der Waals surface area contributed by atoms with Crippen molar-refractivity contribution in [1.82, 2.24) is 4.90 Å². The third-order valence-electron chi connectivity index (χ3n) is 5.20. The Labute approximate surface area is 163 Å². The Morgan fingerprint density at radius 1 is 1.04 bits per heavy atom. The molecule has 26 heavy (non-hydrogen) atoms. The van der Waals surface area contributed by atoms with Gasteiger partial charge in [-0.15, -0.1) is 12.4 Å². The molecule has 1 unspecified atom stereocenters. The summed E-state index contributed by atoms with van der Waals surface area (Å²) >= 11 is 0. The van der Waals surface area contributed by atoms with E-state index in [1.165, 1.54) is 5.56 Å². The smallest absolute Gasteiger partial charge is 0.224 e. The molecule has 1 fully saturated rings. The number of halogens is 1. The number of rotatable bonds is 5. The van der Waals surface area contributed by atoms with Gasteiger partial charge >= 0.3 is 0 Å². The van der Waals surface area contributed by atoms with Gasteiger partial charge in [-0.05, 0) is 36.5 Å². The van der Waals surface area contributed by atoms with Gasteiger partial charge in [0, 0.05) is 38.3 Å². The Hall–Kier alpha value is -1.84. The normalized spacial score (nSPS) is 16.5. The molecule has 1 aliphatic heterocycles. The van der Waals surface area contributed by atoms with Gasteiger partial charge in [0.15, 0.2) is 0 Å². The summed E-state index contributed by atoms with van der Waals surface area (Å²) in [5, 5.41) is 0. The average Bonchev–Trinajstić information content (AvgIpc) is 2.65. The minimum atomic E-state index is 0. The van der Waals surface area contributed by atoms with Crippen LogP contribution in [0.1, 0.15) is 38.2 Å². The summed E-state index contributed by atoms with van der Waals surface area (Å²) in [6.45, 7) is 7.17. The molecule has 0 N–H and O–H groups in total. The third kappa shape index (κ3) is 5.09. The average molecular weight is 373 g/mol. The minimum Gasteiger partial charge on any atom is -0.310 e. The van der Waals surface area contributed by atoms with E-state index in [0.29, 0.717) is 12.0 Å². The monoisotopic (exact) mass is 372 g/mol. The topological polar surface area (TPSA) is 23.6 Å². The van der Waals surface area contributed by atoms with E-state index in [1.54, 1.807) is 6.92 Å². The lowest BCUT2D eigenvalue weighted by Gasteiger charge is -2.39. The number of benzene rings is 2. The molecule has 1 aliphatic rings. The molecule has 1 atom stereocenters. The first-order chi connectivity index (χ1) is 12.1. The van der Waals surface area contributed by atoms with Gasteiger partial charge in [0.25, 0.3) is 0 Å². The standard InChI is InChI=1S/C22H28N2O.ClH/c1-18(20-9-5-3-6-10-20)17-23-15-13-22(14-16-23)24(19(2)25)21-11-7-4-8-12-21;/h3-12,18,22H,13-17H2,1-2H3;1H. The Morgan fingerprint density at radius 3 is 2.12 bits per heavy atom. The molecule has 0 aliphatic carbocycles. The van der Waals surface area contributed by atoms with Gasteiger partial charge in [-0.2, -0.15) is 0 Å². The second-order valence-electron chi connectivity index (χ2n) is 7.07. The van der Waals surface area contributed by atoms with E-state index in [4.69, 9.17) is 0 Å². The maximum absolute atomic E-state index is 12.2. The minimum absolute atomic E-state index is 0. The van der Waals surface area contributed by atoms with E-state index >= 15 is 0 Å². The van der Waals surface area contributed by atoms with Crippen molar-refractivity contribution in [3.8, 4) is 0 Å². The predicted octanol–water partition coefficient (Wildman–Crippen LogP) is 4.73. The van der Waals surface area contributed by atoms with Gasteiger partial charge < -0.3 is 9.80 Å². The zero-order valence-corrected chi connectivity index (χ0v) is 16.5. The molecule has 1 heterocycles. The van der Waals surface area contributed by atoms with Crippen molar-refractivity contribution in [2.75, 3.05) is 24.5 Å². The lowest BCUT2D eigenvalue weighted by molar-refractivity contribution is -0.117. The molecule has 0 radical (unpaired) electrons. The number of carbonyl (C=O) groups excluding carboxylic acids is 1. The van der Waals surface area contributed by atoms with Crippen LogP contribution in [0.3, 0.4) is 0 Å². The van der Waals surface area contributed by atoms with Crippen molar-refractivity contribution in [1.29, 1.82) is 0 Å². The van der Waals surface area contributed by atoms with E-state index in [2.05, 4.69) is 42.2 Å². The summed E-state index contributed by atoms with van der Waals surface area (Å²) < 4.78 is 0. The van der Waals surface area contributed by atoms with Crippen molar-refractivity contribution in [3.63, 3.8) is 0 Å². The summed E-state index contributed by atoms with van der Waals surface area (Å²) in [7, 11) is 0. The second kappa shape index (κ2) is 9.75. The fourth-order valence-electron chi connectivity index (χ4n) is 3.87. The third-order valence-corrected chi connectivity index (χ3v) is 5.20. The zero-order chi connectivity index (χ0) is 17.6. The Kier molecular flexibility index (Phi) is 7.67. The highest BCUT2D eigenvalue weighted by atomic mass is 35.5. The maximum atomic E-state index is 12.2. The van der Waals surface area contributed by atoms with Gasteiger partial charge in [0.1, 0.15) is 0 Å². The van der Waals surface area contributed by atoms with Crippen LogP contribution in [0, 0.1) is 0 Å². The van der Waals surface area contributed by atoms with E-state index in [9.17, 15) is 4.79 Å². The summed E-state index contributed by atoms with van der Waals surface area (Å²) in [4.78, 5) is 16.7. The Morgan fingerprint density at radius 2 is 1.58 bits per heavy atom. The van der Waals surface area contributed by atoms with Crippen LogP contribution in [0.2, 0.25) is 0 Å². The van der Waals surface area contributed by atoms with E-state index in [0.717, 1.165) is 38.2 Å². The number of hydrogen-bond donors (Lipinski definition) is 0. The largest absolute Gasteiger partial charge is 0.310 e. The van der Waals surface area contributed by atoms with Crippen LogP contribution in [0.5, 0.6) is 0 Å². The molecule has 3 nitrogen and oxygen atoms in total. The van der Waals surface area contributed by atoms with Crippen LogP contribution < -0.4 is 4.90 Å². The van der Waals surface area contributed by atoms with Crippen LogP contribution >= 0.6 is 12.4 Å². The first-order valence-electron chi connectivity index (χ1n) is 9.27. The first kappa shape index (κ1) is 20.5. The molecular weight excluding hydrogens is 344 g/mol. The highest BCUT2D eigenvalue weighted by molar-refractivity contribution is 5.92. The first-order valence-corrected chi connectivity index (χ1v) is 9.27. The quantitative estimate of drug-likeness (QED) is 0.757.